The Labute approximate surface area is 231 Å². The van der Waals surface area contributed by atoms with Gasteiger partial charge in [0.1, 0.15) is 0 Å². The number of fused-ring (bicyclic) bond motifs is 4. The molecule has 4 amide bonds. The van der Waals surface area contributed by atoms with Crippen LogP contribution in [0.2, 0.25) is 0 Å². The number of hydrogen-bond acceptors (Lipinski definition) is 6. The van der Waals surface area contributed by atoms with Gasteiger partial charge in [-0.2, -0.15) is 0 Å². The molecule has 2 saturated heterocycles. The molecule has 1 aromatic rings. The van der Waals surface area contributed by atoms with Crippen LogP contribution in [-0.4, -0.2) is 56.7 Å². The highest BCUT2D eigenvalue weighted by Gasteiger charge is 2.64. The van der Waals surface area contributed by atoms with E-state index in [1.807, 2.05) is 47.6 Å². The summed E-state index contributed by atoms with van der Waals surface area (Å²) in [4.78, 5) is 57.7. The van der Waals surface area contributed by atoms with E-state index in [1.54, 1.807) is 12.1 Å². The van der Waals surface area contributed by atoms with E-state index in [2.05, 4.69) is 15.9 Å². The highest BCUT2D eigenvalue weighted by molar-refractivity contribution is 9.10. The molecule has 8 nitrogen and oxygen atoms in total. The number of hydrogen-bond donors (Lipinski definition) is 1. The predicted molar refractivity (Wildman–Crippen MR) is 143 cm³/mol. The molecule has 0 radical (unpaired) electrons. The topological polar surface area (TPSA) is 104 Å². The average Bonchev–Trinajstić information content (AvgIpc) is 3.22. The van der Waals surface area contributed by atoms with Gasteiger partial charge in [-0.3, -0.25) is 29.0 Å². The number of rotatable bonds is 2. The summed E-state index contributed by atoms with van der Waals surface area (Å²) in [6.07, 6.45) is 2.67. The van der Waals surface area contributed by atoms with Crippen molar-refractivity contribution < 1.29 is 29.0 Å². The number of allylic oxidation sites excluding steroid dienone is 2. The molecular weight excluding hydrogens is 552 g/mol. The zero-order chi connectivity index (χ0) is 28.1. The first kappa shape index (κ1) is 26.9. The fourth-order valence-electron chi connectivity index (χ4n) is 7.25. The average molecular weight is 588 g/mol. The third kappa shape index (κ3) is 3.75. The highest BCUT2D eigenvalue weighted by atomic mass is 79.9. The fraction of sp³-hybridized carbons (Fsp3) is 0.586. The fourth-order valence-corrected chi connectivity index (χ4v) is 7.70. The molecule has 6 atom stereocenters. The third-order valence-corrected chi connectivity index (χ3v) is 9.07. The number of phenolic OH excluding ortho intramolecular Hbond substituents is 1. The van der Waals surface area contributed by atoms with E-state index in [0.29, 0.717) is 22.9 Å². The number of aromatic hydroxyl groups is 1. The summed E-state index contributed by atoms with van der Waals surface area (Å²) in [5.74, 6) is -4.31. The summed E-state index contributed by atoms with van der Waals surface area (Å²) in [6, 6.07) is 3.40. The smallest absolute Gasteiger partial charge is 0.234 e. The maximum absolute atomic E-state index is 14.0. The Morgan fingerprint density at radius 2 is 1.39 bits per heavy atom. The van der Waals surface area contributed by atoms with Gasteiger partial charge in [-0.25, -0.2) is 0 Å². The molecule has 2 aliphatic carbocycles. The maximum atomic E-state index is 14.0. The molecule has 2 aliphatic heterocycles. The van der Waals surface area contributed by atoms with Gasteiger partial charge in [0.05, 0.1) is 30.8 Å². The van der Waals surface area contributed by atoms with Gasteiger partial charge in [-0.1, -0.05) is 27.6 Å². The lowest BCUT2D eigenvalue weighted by molar-refractivity contribution is -0.147. The summed E-state index contributed by atoms with van der Waals surface area (Å²) in [5, 5.41) is 11.3. The number of benzene rings is 1. The van der Waals surface area contributed by atoms with Gasteiger partial charge < -0.3 is 9.84 Å². The minimum absolute atomic E-state index is 0.0947. The van der Waals surface area contributed by atoms with E-state index in [-0.39, 0.29) is 35.1 Å². The molecular formula is C29H35BrN2O6. The van der Waals surface area contributed by atoms with Gasteiger partial charge in [-0.15, -0.1) is 0 Å². The molecule has 2 heterocycles. The minimum Gasteiger partial charge on any atom is -0.504 e. The van der Waals surface area contributed by atoms with Crippen LogP contribution in [0.25, 0.3) is 0 Å². The number of methoxy groups -OCH3 is 1. The minimum atomic E-state index is -0.725. The summed E-state index contributed by atoms with van der Waals surface area (Å²) in [5.41, 5.74) is -0.0729. The number of phenols is 1. The van der Waals surface area contributed by atoms with E-state index < -0.39 is 46.6 Å². The van der Waals surface area contributed by atoms with Crippen molar-refractivity contribution in [1.82, 2.24) is 9.80 Å². The number of nitrogens with zero attached hydrogens (tertiary/aromatic N) is 2. The van der Waals surface area contributed by atoms with Gasteiger partial charge in [0.25, 0.3) is 0 Å². The Bertz CT molecular complexity index is 1290. The normalized spacial score (nSPS) is 31.3. The van der Waals surface area contributed by atoms with Crippen LogP contribution in [0.4, 0.5) is 0 Å². The van der Waals surface area contributed by atoms with Crippen LogP contribution in [0.5, 0.6) is 11.5 Å². The van der Waals surface area contributed by atoms with Gasteiger partial charge in [0.15, 0.2) is 11.5 Å². The lowest BCUT2D eigenvalue weighted by atomic mass is 9.57. The third-order valence-electron chi connectivity index (χ3n) is 8.61. The van der Waals surface area contributed by atoms with Crippen molar-refractivity contribution in [3.8, 4) is 11.5 Å². The number of carbonyl (C=O) groups is 4. The number of amides is 4. The van der Waals surface area contributed by atoms with Crippen molar-refractivity contribution in [2.45, 2.75) is 71.4 Å². The zero-order valence-electron chi connectivity index (χ0n) is 22.9. The van der Waals surface area contributed by atoms with Crippen LogP contribution in [0, 0.1) is 29.6 Å². The second-order valence-electron chi connectivity index (χ2n) is 12.9. The Kier molecular flexibility index (Phi) is 6.13. The zero-order valence-corrected chi connectivity index (χ0v) is 24.5. The molecule has 6 unspecified atom stereocenters. The Morgan fingerprint density at radius 3 is 1.95 bits per heavy atom. The molecule has 3 fully saturated rings. The highest BCUT2D eigenvalue weighted by Crippen LogP contribution is 2.60. The van der Waals surface area contributed by atoms with Gasteiger partial charge in [-0.05, 0) is 72.4 Å². The summed E-state index contributed by atoms with van der Waals surface area (Å²) >= 11 is 3.50. The van der Waals surface area contributed by atoms with E-state index in [9.17, 15) is 24.3 Å². The number of halogens is 1. The lowest BCUT2D eigenvalue weighted by Gasteiger charge is -2.44. The van der Waals surface area contributed by atoms with Crippen LogP contribution < -0.4 is 4.74 Å². The first-order chi connectivity index (χ1) is 17.6. The van der Waals surface area contributed by atoms with Crippen LogP contribution >= 0.6 is 15.9 Å². The van der Waals surface area contributed by atoms with Crippen LogP contribution in [-0.2, 0) is 19.2 Å². The first-order valence-corrected chi connectivity index (χ1v) is 13.9. The Balaban J connectivity index is 1.70. The molecule has 1 aromatic carbocycles. The standard InChI is InChI=1S/C29H35BrN2O6/c1-28(2,3)31-24(34)15-9-8-14-16(21(15)26(31)36)12-18-22(27(37)32(25(18)35)29(4,5)6)20(14)17-10-13(30)11-19(38-7)23(17)33/h8,10-11,15-16,18,20-22,33H,9,12H2,1-7H3. The number of ether oxygens (including phenoxy) is 1. The first-order valence-electron chi connectivity index (χ1n) is 13.1. The lowest BCUT2D eigenvalue weighted by Crippen LogP contribution is -2.47. The van der Waals surface area contributed by atoms with Crippen LogP contribution in [0.3, 0.4) is 0 Å². The van der Waals surface area contributed by atoms with Crippen molar-refractivity contribution in [2.75, 3.05) is 7.11 Å². The molecule has 5 rings (SSSR count). The van der Waals surface area contributed by atoms with Gasteiger partial charge in [0, 0.05) is 27.0 Å². The van der Waals surface area contributed by atoms with Crippen LogP contribution in [0.1, 0.15) is 65.9 Å². The molecule has 1 saturated carbocycles. The monoisotopic (exact) mass is 586 g/mol. The largest absolute Gasteiger partial charge is 0.504 e. The SMILES string of the molecule is COc1cc(Br)cc(C2C3=CCC4C(=O)N(C(C)(C)C)C(=O)C4C3CC3C(=O)N(C(C)(C)C)C(=O)C32)c1O. The molecule has 0 aromatic heterocycles. The van der Waals surface area contributed by atoms with E-state index >= 15 is 0 Å². The summed E-state index contributed by atoms with van der Waals surface area (Å²) < 4.78 is 6.07. The van der Waals surface area contributed by atoms with Crippen molar-refractivity contribution in [3.63, 3.8) is 0 Å². The van der Waals surface area contributed by atoms with Crippen molar-refractivity contribution in [2.24, 2.45) is 29.6 Å². The van der Waals surface area contributed by atoms with E-state index in [0.717, 1.165) is 5.57 Å². The van der Waals surface area contributed by atoms with E-state index in [1.165, 1.54) is 16.9 Å². The van der Waals surface area contributed by atoms with Crippen molar-refractivity contribution in [1.29, 1.82) is 0 Å². The van der Waals surface area contributed by atoms with Gasteiger partial charge >= 0.3 is 0 Å². The molecule has 0 spiro atoms. The van der Waals surface area contributed by atoms with Crippen molar-refractivity contribution in [3.05, 3.63) is 33.8 Å². The molecule has 0 bridgehead atoms. The second-order valence-corrected chi connectivity index (χ2v) is 13.9. The Morgan fingerprint density at radius 1 is 0.842 bits per heavy atom. The second kappa shape index (κ2) is 8.66. The number of imide groups is 2. The molecule has 38 heavy (non-hydrogen) atoms. The van der Waals surface area contributed by atoms with Crippen LogP contribution in [0.15, 0.2) is 28.3 Å². The van der Waals surface area contributed by atoms with Crippen molar-refractivity contribution >= 4 is 39.6 Å². The Hall–Kier alpha value is -2.68. The number of carbonyl (C=O) groups excluding carboxylic acids is 4. The maximum Gasteiger partial charge on any atom is 0.234 e. The predicted octanol–water partition coefficient (Wildman–Crippen LogP) is 4.40. The number of likely N-dealkylation sites (tertiary alicyclic amines) is 2. The molecule has 204 valence electrons. The molecule has 4 aliphatic rings. The molecule has 1 N–H and O–H groups in total. The van der Waals surface area contributed by atoms with E-state index in [4.69, 9.17) is 4.74 Å². The van der Waals surface area contributed by atoms with Gasteiger partial charge in [0.2, 0.25) is 23.6 Å². The molecule has 9 heteroatoms. The summed E-state index contributed by atoms with van der Waals surface area (Å²) in [7, 11) is 1.46. The summed E-state index contributed by atoms with van der Waals surface area (Å²) in [6.45, 7) is 11.0. The quantitative estimate of drug-likeness (QED) is 0.407.